The molecule has 2 heterocycles. The van der Waals surface area contributed by atoms with E-state index in [1.165, 1.54) is 6.20 Å². The number of aryl methyl sites for hydroxylation is 1. The summed E-state index contributed by atoms with van der Waals surface area (Å²) in [7, 11) is 0. The van der Waals surface area contributed by atoms with Crippen molar-refractivity contribution in [1.82, 2.24) is 14.9 Å². The van der Waals surface area contributed by atoms with Gasteiger partial charge in [0.05, 0.1) is 6.20 Å². The average Bonchev–Trinajstić information content (AvgIpc) is 2.85. The van der Waals surface area contributed by atoms with Gasteiger partial charge in [-0.3, -0.25) is 4.68 Å². The number of aromatic nitrogens is 3. The van der Waals surface area contributed by atoms with Crippen LogP contribution in [0.25, 0.3) is 11.5 Å². The van der Waals surface area contributed by atoms with E-state index in [2.05, 4.69) is 10.3 Å². The Morgan fingerprint density at radius 3 is 3.07 bits per heavy atom. The second-order valence-electron chi connectivity index (χ2n) is 2.93. The van der Waals surface area contributed by atoms with Crippen molar-refractivity contribution in [2.45, 2.75) is 13.5 Å². The summed E-state index contributed by atoms with van der Waals surface area (Å²) < 4.78 is 6.55. The number of carbonyl (C=O) groups is 1. The Kier molecular flexibility index (Phi) is 2.24. The standard InChI is InChI=1S/C9H9N3O3/c1-2-12-4-3-7(11-12)8-6(9(13)14)5-10-15-8/h3-5H,2H2,1H3,(H,13,14). The Hall–Kier alpha value is -2.11. The third-order valence-electron chi connectivity index (χ3n) is 2.00. The normalized spacial score (nSPS) is 10.5. The van der Waals surface area contributed by atoms with Gasteiger partial charge in [-0.05, 0) is 13.0 Å². The molecule has 0 aliphatic rings. The maximum Gasteiger partial charge on any atom is 0.341 e. The van der Waals surface area contributed by atoms with Crippen LogP contribution in [0.2, 0.25) is 0 Å². The number of hydrogen-bond donors (Lipinski definition) is 1. The lowest BCUT2D eigenvalue weighted by molar-refractivity contribution is 0.0697. The highest BCUT2D eigenvalue weighted by Gasteiger charge is 2.18. The molecule has 0 fully saturated rings. The van der Waals surface area contributed by atoms with Crippen molar-refractivity contribution in [3.63, 3.8) is 0 Å². The molecule has 0 saturated carbocycles. The van der Waals surface area contributed by atoms with Crippen LogP contribution in [0.4, 0.5) is 0 Å². The Labute approximate surface area is 85.1 Å². The van der Waals surface area contributed by atoms with E-state index in [0.717, 1.165) is 6.54 Å². The zero-order valence-corrected chi connectivity index (χ0v) is 8.04. The van der Waals surface area contributed by atoms with Gasteiger partial charge in [-0.1, -0.05) is 5.16 Å². The van der Waals surface area contributed by atoms with Crippen LogP contribution >= 0.6 is 0 Å². The predicted octanol–water partition coefficient (Wildman–Crippen LogP) is 1.26. The molecule has 0 saturated heterocycles. The van der Waals surface area contributed by atoms with Gasteiger partial charge in [0.2, 0.25) is 5.76 Å². The maximum atomic E-state index is 10.8. The first-order valence-corrected chi connectivity index (χ1v) is 4.44. The van der Waals surface area contributed by atoms with E-state index in [-0.39, 0.29) is 11.3 Å². The number of carboxylic acids is 1. The number of nitrogens with zero attached hydrogens (tertiary/aromatic N) is 3. The van der Waals surface area contributed by atoms with Crippen molar-refractivity contribution >= 4 is 5.97 Å². The van der Waals surface area contributed by atoms with Crippen molar-refractivity contribution in [3.05, 3.63) is 24.0 Å². The monoisotopic (exact) mass is 207 g/mol. The molecule has 78 valence electrons. The molecule has 0 unspecified atom stereocenters. The summed E-state index contributed by atoms with van der Waals surface area (Å²) >= 11 is 0. The molecular weight excluding hydrogens is 198 g/mol. The first kappa shape index (κ1) is 9.45. The predicted molar refractivity (Wildman–Crippen MR) is 50.4 cm³/mol. The number of carboxylic acid groups (broad SMARTS) is 1. The van der Waals surface area contributed by atoms with E-state index in [4.69, 9.17) is 9.63 Å². The fourth-order valence-corrected chi connectivity index (χ4v) is 1.24. The first-order chi connectivity index (χ1) is 7.22. The van der Waals surface area contributed by atoms with Gasteiger partial charge in [-0.2, -0.15) is 5.10 Å². The number of aromatic carboxylic acids is 1. The topological polar surface area (TPSA) is 81.2 Å². The minimum absolute atomic E-state index is 0.0244. The SMILES string of the molecule is CCn1ccc(-c2oncc2C(=O)O)n1. The molecule has 0 atom stereocenters. The van der Waals surface area contributed by atoms with Gasteiger partial charge in [0.1, 0.15) is 11.3 Å². The van der Waals surface area contributed by atoms with Crippen LogP contribution in [0.1, 0.15) is 17.3 Å². The fraction of sp³-hybridized carbons (Fsp3) is 0.222. The maximum absolute atomic E-state index is 10.8. The summed E-state index contributed by atoms with van der Waals surface area (Å²) in [5.74, 6) is -0.882. The lowest BCUT2D eigenvalue weighted by atomic mass is 10.2. The molecule has 0 spiro atoms. The van der Waals surface area contributed by atoms with Crippen LogP contribution in [-0.4, -0.2) is 26.0 Å². The molecular formula is C9H9N3O3. The molecule has 6 nitrogen and oxygen atoms in total. The van der Waals surface area contributed by atoms with Crippen molar-refractivity contribution in [2.24, 2.45) is 0 Å². The highest BCUT2D eigenvalue weighted by molar-refractivity contribution is 5.93. The van der Waals surface area contributed by atoms with E-state index in [9.17, 15) is 4.79 Å². The van der Waals surface area contributed by atoms with Crippen LogP contribution in [0.3, 0.4) is 0 Å². The molecule has 6 heteroatoms. The first-order valence-electron chi connectivity index (χ1n) is 4.44. The molecule has 1 N–H and O–H groups in total. The lowest BCUT2D eigenvalue weighted by Crippen LogP contribution is -1.97. The Bertz CT molecular complexity index is 486. The van der Waals surface area contributed by atoms with E-state index >= 15 is 0 Å². The molecule has 2 rings (SSSR count). The lowest BCUT2D eigenvalue weighted by Gasteiger charge is -1.93. The van der Waals surface area contributed by atoms with E-state index in [1.54, 1.807) is 16.9 Å². The second-order valence-corrected chi connectivity index (χ2v) is 2.93. The van der Waals surface area contributed by atoms with E-state index in [1.807, 2.05) is 6.92 Å². The largest absolute Gasteiger partial charge is 0.477 e. The smallest absolute Gasteiger partial charge is 0.341 e. The summed E-state index contributed by atoms with van der Waals surface area (Å²) in [4.78, 5) is 10.8. The molecule has 0 aliphatic heterocycles. The van der Waals surface area contributed by atoms with Crippen LogP contribution in [0.5, 0.6) is 0 Å². The average molecular weight is 207 g/mol. The summed E-state index contributed by atoms with van der Waals surface area (Å²) in [6.45, 7) is 2.66. The summed E-state index contributed by atoms with van der Waals surface area (Å²) in [6.07, 6.45) is 2.92. The molecule has 2 aromatic rings. The van der Waals surface area contributed by atoms with Gasteiger partial charge >= 0.3 is 5.97 Å². The van der Waals surface area contributed by atoms with Crippen LogP contribution in [0.15, 0.2) is 23.0 Å². The van der Waals surface area contributed by atoms with Gasteiger partial charge in [-0.15, -0.1) is 0 Å². The summed E-state index contributed by atoms with van der Waals surface area (Å²) in [6, 6.07) is 1.69. The van der Waals surface area contributed by atoms with Crippen molar-refractivity contribution in [1.29, 1.82) is 0 Å². The van der Waals surface area contributed by atoms with Gasteiger partial charge in [0.25, 0.3) is 0 Å². The van der Waals surface area contributed by atoms with Crippen molar-refractivity contribution < 1.29 is 14.4 Å². The second kappa shape index (κ2) is 3.56. The zero-order valence-electron chi connectivity index (χ0n) is 8.04. The summed E-state index contributed by atoms with van der Waals surface area (Å²) in [5.41, 5.74) is 0.503. The van der Waals surface area contributed by atoms with Gasteiger partial charge < -0.3 is 9.63 Å². The molecule has 0 aliphatic carbocycles. The minimum Gasteiger partial charge on any atom is -0.477 e. The molecule has 15 heavy (non-hydrogen) atoms. The Balaban J connectivity index is 2.44. The third-order valence-corrected chi connectivity index (χ3v) is 2.00. The quantitative estimate of drug-likeness (QED) is 0.819. The highest BCUT2D eigenvalue weighted by atomic mass is 16.5. The van der Waals surface area contributed by atoms with E-state index in [0.29, 0.717) is 5.69 Å². The van der Waals surface area contributed by atoms with Crippen LogP contribution < -0.4 is 0 Å². The number of rotatable bonds is 3. The number of hydrogen-bond acceptors (Lipinski definition) is 4. The molecule has 0 amide bonds. The minimum atomic E-state index is -1.07. The molecule has 0 bridgehead atoms. The van der Waals surface area contributed by atoms with E-state index < -0.39 is 5.97 Å². The zero-order chi connectivity index (χ0) is 10.8. The Morgan fingerprint density at radius 1 is 1.67 bits per heavy atom. The van der Waals surface area contributed by atoms with Crippen molar-refractivity contribution in [2.75, 3.05) is 0 Å². The van der Waals surface area contributed by atoms with Crippen LogP contribution in [-0.2, 0) is 6.54 Å². The third kappa shape index (κ3) is 1.61. The van der Waals surface area contributed by atoms with Crippen LogP contribution in [0, 0.1) is 0 Å². The van der Waals surface area contributed by atoms with Gasteiger partial charge in [0, 0.05) is 12.7 Å². The van der Waals surface area contributed by atoms with Crippen molar-refractivity contribution in [3.8, 4) is 11.5 Å². The molecule has 2 aromatic heterocycles. The molecule has 0 aromatic carbocycles. The Morgan fingerprint density at radius 2 is 2.47 bits per heavy atom. The fourth-order valence-electron chi connectivity index (χ4n) is 1.24. The molecule has 0 radical (unpaired) electrons. The van der Waals surface area contributed by atoms with Gasteiger partial charge in [-0.25, -0.2) is 4.79 Å². The summed E-state index contributed by atoms with van der Waals surface area (Å²) in [5, 5.41) is 16.4. The highest BCUT2D eigenvalue weighted by Crippen LogP contribution is 2.21. The van der Waals surface area contributed by atoms with Gasteiger partial charge in [0.15, 0.2) is 0 Å².